The van der Waals surface area contributed by atoms with E-state index in [1.807, 2.05) is 37.3 Å². The van der Waals surface area contributed by atoms with Crippen LogP contribution in [0.5, 0.6) is 5.75 Å². The van der Waals surface area contributed by atoms with Crippen molar-refractivity contribution in [1.29, 1.82) is 0 Å². The predicted molar refractivity (Wildman–Crippen MR) is 233 cm³/mol. The van der Waals surface area contributed by atoms with Crippen molar-refractivity contribution in [1.82, 2.24) is 20.5 Å². The molecule has 59 heavy (non-hydrogen) atoms. The Hall–Kier alpha value is -4.53. The summed E-state index contributed by atoms with van der Waals surface area (Å²) in [5.41, 5.74) is 1.87. The van der Waals surface area contributed by atoms with Gasteiger partial charge < -0.3 is 39.5 Å². The summed E-state index contributed by atoms with van der Waals surface area (Å²) in [6, 6.07) is 9.24. The van der Waals surface area contributed by atoms with Crippen molar-refractivity contribution in [3.05, 3.63) is 75.4 Å². The van der Waals surface area contributed by atoms with Crippen molar-refractivity contribution in [2.75, 3.05) is 13.7 Å². The van der Waals surface area contributed by atoms with E-state index >= 15 is 0 Å². The zero-order valence-electron chi connectivity index (χ0n) is 36.0. The molecule has 16 heteroatoms. The molecular weight excluding hydrogens is 815 g/mol. The van der Waals surface area contributed by atoms with Gasteiger partial charge in [-0.15, -0.1) is 0 Å². The molecule has 0 unspecified atom stereocenters. The van der Waals surface area contributed by atoms with E-state index in [0.717, 1.165) is 16.5 Å². The van der Waals surface area contributed by atoms with E-state index in [9.17, 15) is 24.0 Å². The number of allylic oxidation sites excluding steroid dienone is 1. The van der Waals surface area contributed by atoms with Crippen LogP contribution < -0.4 is 15.1 Å². The van der Waals surface area contributed by atoms with E-state index in [1.54, 1.807) is 39.0 Å². The molecule has 3 amide bonds. The molecule has 13 nitrogen and oxygen atoms in total. The molecule has 2 aromatic carbocycles. The van der Waals surface area contributed by atoms with Gasteiger partial charge in [0.25, 0.3) is 8.32 Å². The number of H-pyrrole nitrogens is 1. The standard InChI is InChI=1S/C43H60Cl2N4O9Si/c1-26(18-21-36(50)51)15-14-22-56-37(52)25-33(28-19-20-35(31(44)23-28)58-59(10,11)43(6,7)8)48-39(53)34(24-30-29-16-12-13-17-32(29)47-38(30)45)49(9)40(54)27(2)46-41(55)57-42(3,4)5/h12-13,15-17,19-20,23,27,33-34,47H,14,18,21-22,24-25H2,1-11H3,(H,46,55)(H,48,53)(H,50,51)/t27-,33+,34+/m0/s1. The number of para-hydroxylation sites is 1. The van der Waals surface area contributed by atoms with Crippen LogP contribution in [0.4, 0.5) is 4.79 Å². The number of carbonyl (C=O) groups excluding carboxylic acids is 4. The van der Waals surface area contributed by atoms with Crippen LogP contribution in [0.2, 0.25) is 28.3 Å². The minimum atomic E-state index is -2.28. The molecule has 324 valence electrons. The number of ether oxygens (including phenoxy) is 2. The van der Waals surface area contributed by atoms with Gasteiger partial charge in [-0.1, -0.05) is 79.9 Å². The van der Waals surface area contributed by atoms with Gasteiger partial charge in [0.15, 0.2) is 0 Å². The van der Waals surface area contributed by atoms with Crippen LogP contribution >= 0.6 is 23.2 Å². The zero-order valence-corrected chi connectivity index (χ0v) is 38.5. The molecule has 4 N–H and O–H groups in total. The number of hydrogen-bond acceptors (Lipinski definition) is 8. The molecule has 0 aliphatic rings. The lowest BCUT2D eigenvalue weighted by molar-refractivity contribution is -0.145. The number of aromatic amines is 1. The highest BCUT2D eigenvalue weighted by atomic mass is 35.5. The molecule has 3 atom stereocenters. The lowest BCUT2D eigenvalue weighted by Gasteiger charge is -2.36. The summed E-state index contributed by atoms with van der Waals surface area (Å²) < 4.78 is 17.4. The highest BCUT2D eigenvalue weighted by molar-refractivity contribution is 6.74. The fraction of sp³-hybridized carbons (Fsp3) is 0.512. The Kier molecular flexibility index (Phi) is 17.1. The van der Waals surface area contributed by atoms with Gasteiger partial charge in [-0.05, 0) is 94.9 Å². The van der Waals surface area contributed by atoms with Crippen LogP contribution in [-0.4, -0.2) is 84.5 Å². The van der Waals surface area contributed by atoms with Gasteiger partial charge in [0.05, 0.1) is 24.1 Å². The second kappa shape index (κ2) is 20.6. The second-order valence-electron chi connectivity index (χ2n) is 17.3. The predicted octanol–water partition coefficient (Wildman–Crippen LogP) is 9.13. The first-order valence-electron chi connectivity index (χ1n) is 19.6. The Morgan fingerprint density at radius 1 is 0.983 bits per heavy atom. The summed E-state index contributed by atoms with van der Waals surface area (Å²) >= 11 is 13.5. The number of esters is 1. The van der Waals surface area contributed by atoms with E-state index in [1.165, 1.54) is 18.9 Å². The number of aliphatic carboxylic acids is 1. The number of nitrogens with one attached hydrogen (secondary N) is 3. The highest BCUT2D eigenvalue weighted by Crippen LogP contribution is 2.40. The van der Waals surface area contributed by atoms with Gasteiger partial charge in [0, 0.05) is 30.8 Å². The third-order valence-corrected chi connectivity index (χ3v) is 15.2. The zero-order chi connectivity index (χ0) is 44.5. The Labute approximate surface area is 358 Å². The van der Waals surface area contributed by atoms with Crippen LogP contribution in [0.3, 0.4) is 0 Å². The first-order chi connectivity index (χ1) is 27.3. The van der Waals surface area contributed by atoms with Crippen LogP contribution in [-0.2, 0) is 35.1 Å². The lowest BCUT2D eigenvalue weighted by atomic mass is 9.99. The fourth-order valence-electron chi connectivity index (χ4n) is 5.85. The van der Waals surface area contributed by atoms with Gasteiger partial charge in [-0.2, -0.15) is 0 Å². The van der Waals surface area contributed by atoms with Crippen LogP contribution in [0.25, 0.3) is 10.9 Å². The molecule has 3 rings (SSSR count). The largest absolute Gasteiger partial charge is 0.543 e. The van der Waals surface area contributed by atoms with Crippen molar-refractivity contribution in [3.8, 4) is 5.75 Å². The summed E-state index contributed by atoms with van der Waals surface area (Å²) in [5, 5.41) is 15.7. The molecule has 0 bridgehead atoms. The molecule has 0 saturated carbocycles. The molecular formula is C43H60Cl2N4O9Si. The molecule has 1 heterocycles. The number of aromatic nitrogens is 1. The number of fused-ring (bicyclic) bond motifs is 1. The minimum Gasteiger partial charge on any atom is -0.543 e. The Morgan fingerprint density at radius 3 is 2.25 bits per heavy atom. The minimum absolute atomic E-state index is 0.000758. The Bertz CT molecular complexity index is 2020. The monoisotopic (exact) mass is 874 g/mol. The summed E-state index contributed by atoms with van der Waals surface area (Å²) in [7, 11) is -0.825. The number of likely N-dealkylation sites (N-methyl/N-ethyl adjacent to an activating group) is 1. The van der Waals surface area contributed by atoms with E-state index in [-0.39, 0.29) is 30.9 Å². The molecule has 0 spiro atoms. The summed E-state index contributed by atoms with van der Waals surface area (Å²) in [5.74, 6) is -2.22. The molecule has 3 aromatic rings. The number of halogens is 2. The quantitative estimate of drug-likeness (QED) is 0.0420. The molecule has 0 aliphatic carbocycles. The molecule has 0 fully saturated rings. The normalized spacial score (nSPS) is 13.9. The third-order valence-electron chi connectivity index (χ3n) is 10.2. The summed E-state index contributed by atoms with van der Waals surface area (Å²) in [6.07, 6.45) is 1.46. The van der Waals surface area contributed by atoms with Crippen LogP contribution in [0.15, 0.2) is 54.1 Å². The molecule has 1 aromatic heterocycles. The average molecular weight is 876 g/mol. The summed E-state index contributed by atoms with van der Waals surface area (Å²) in [4.78, 5) is 69.9. The first kappa shape index (κ1) is 48.8. The number of carbonyl (C=O) groups is 5. The number of nitrogens with zero attached hydrogens (tertiary/aromatic N) is 1. The van der Waals surface area contributed by atoms with Gasteiger partial charge in [0.1, 0.15) is 28.6 Å². The number of carboxylic acid groups (broad SMARTS) is 1. The van der Waals surface area contributed by atoms with Crippen molar-refractivity contribution < 1.29 is 43.0 Å². The molecule has 0 aliphatic heterocycles. The van der Waals surface area contributed by atoms with Gasteiger partial charge in [0.2, 0.25) is 11.8 Å². The maximum Gasteiger partial charge on any atom is 0.408 e. The second-order valence-corrected chi connectivity index (χ2v) is 22.8. The number of alkyl carbamates (subject to hydrolysis) is 1. The number of benzene rings is 2. The maximum absolute atomic E-state index is 14.6. The van der Waals surface area contributed by atoms with E-state index < -0.39 is 61.9 Å². The molecule has 0 saturated heterocycles. The number of amides is 3. The number of rotatable bonds is 18. The van der Waals surface area contributed by atoms with Gasteiger partial charge in [-0.3, -0.25) is 19.2 Å². The van der Waals surface area contributed by atoms with Gasteiger partial charge in [-0.25, -0.2) is 4.79 Å². The van der Waals surface area contributed by atoms with E-state index in [4.69, 9.17) is 42.2 Å². The van der Waals surface area contributed by atoms with Crippen molar-refractivity contribution in [3.63, 3.8) is 0 Å². The lowest BCUT2D eigenvalue weighted by Crippen LogP contribution is -2.55. The number of hydrogen-bond donors (Lipinski definition) is 4. The third kappa shape index (κ3) is 14.6. The fourth-order valence-corrected chi connectivity index (χ4v) is 7.45. The van der Waals surface area contributed by atoms with Crippen molar-refractivity contribution in [2.24, 2.45) is 0 Å². The first-order valence-corrected chi connectivity index (χ1v) is 23.3. The SMILES string of the molecule is CC(=CCCOC(=O)C[C@@H](NC(=O)[C@@H](Cc1c(Cl)[nH]c2ccccc12)N(C)C(=O)[C@H](C)NC(=O)OC(C)(C)C)c1ccc(O[Si](C)(C)C(C)(C)C)c(Cl)c1)CCC(=O)O. The topological polar surface area (TPSA) is 176 Å². The smallest absolute Gasteiger partial charge is 0.408 e. The molecule has 0 radical (unpaired) electrons. The Balaban J connectivity index is 2.00. The summed E-state index contributed by atoms with van der Waals surface area (Å²) in [6.45, 7) is 19.0. The van der Waals surface area contributed by atoms with Gasteiger partial charge >= 0.3 is 18.0 Å². The number of carboxylic acids is 1. The van der Waals surface area contributed by atoms with Crippen molar-refractivity contribution in [2.45, 2.75) is 129 Å². The van der Waals surface area contributed by atoms with Crippen LogP contribution in [0, 0.1) is 0 Å². The van der Waals surface area contributed by atoms with E-state index in [0.29, 0.717) is 39.9 Å². The highest BCUT2D eigenvalue weighted by Gasteiger charge is 2.40. The van der Waals surface area contributed by atoms with Crippen molar-refractivity contribution >= 4 is 72.3 Å². The van der Waals surface area contributed by atoms with Crippen LogP contribution in [0.1, 0.15) is 98.2 Å². The maximum atomic E-state index is 14.6. The Morgan fingerprint density at radius 2 is 1.64 bits per heavy atom. The van der Waals surface area contributed by atoms with E-state index in [2.05, 4.69) is 49.5 Å². The average Bonchev–Trinajstić information content (AvgIpc) is 3.44.